The Kier molecular flexibility index (Phi) is 4.55. The van der Waals surface area contributed by atoms with E-state index in [0.29, 0.717) is 22.7 Å². The number of aryl methyl sites for hydroxylation is 1. The van der Waals surface area contributed by atoms with E-state index < -0.39 is 5.95 Å². The van der Waals surface area contributed by atoms with Gasteiger partial charge in [0.2, 0.25) is 5.95 Å². The molecule has 1 aliphatic rings. The molecule has 0 amide bonds. The second kappa shape index (κ2) is 7.16. The van der Waals surface area contributed by atoms with Crippen LogP contribution in [0.2, 0.25) is 0 Å². The van der Waals surface area contributed by atoms with Gasteiger partial charge in [-0.1, -0.05) is 0 Å². The average Bonchev–Trinajstić information content (AvgIpc) is 3.14. The van der Waals surface area contributed by atoms with Gasteiger partial charge in [0, 0.05) is 55.9 Å². The molecule has 6 nitrogen and oxygen atoms in total. The molecular weight excluding hydrogens is 343 g/mol. The molecule has 4 rings (SSSR count). The van der Waals surface area contributed by atoms with Crippen LogP contribution in [0.1, 0.15) is 30.0 Å². The van der Waals surface area contributed by atoms with Gasteiger partial charge in [-0.15, -0.1) is 0 Å². The van der Waals surface area contributed by atoms with Crippen molar-refractivity contribution in [3.8, 4) is 17.3 Å². The van der Waals surface area contributed by atoms with Gasteiger partial charge in [0.1, 0.15) is 6.07 Å². The number of nitrogens with zero attached hydrogens (tertiary/aromatic N) is 6. The van der Waals surface area contributed by atoms with Gasteiger partial charge in [0.05, 0.1) is 23.3 Å². The second-order valence-corrected chi connectivity index (χ2v) is 6.73. The standard InChI is InChI=1S/C20H19FN6/c1-26-13-23-12-17(26)14-5-8-27(9-6-14)20-15(10-22)4-7-24-19(20)16-2-3-18(21)25-11-16/h2-4,7,11-14H,5-6,8-9H2,1H3. The van der Waals surface area contributed by atoms with E-state index in [4.69, 9.17) is 0 Å². The zero-order valence-corrected chi connectivity index (χ0v) is 15.0. The van der Waals surface area contributed by atoms with Crippen molar-refractivity contribution in [3.63, 3.8) is 0 Å². The van der Waals surface area contributed by atoms with Crippen LogP contribution in [0.5, 0.6) is 0 Å². The lowest BCUT2D eigenvalue weighted by molar-refractivity contribution is 0.485. The smallest absolute Gasteiger partial charge is 0.212 e. The van der Waals surface area contributed by atoms with Crippen LogP contribution < -0.4 is 4.90 Å². The van der Waals surface area contributed by atoms with Crippen molar-refractivity contribution >= 4 is 5.69 Å². The first-order valence-electron chi connectivity index (χ1n) is 8.89. The number of aromatic nitrogens is 4. The Hall–Kier alpha value is -3.27. The topological polar surface area (TPSA) is 70.6 Å². The molecule has 0 unspecified atom stereocenters. The summed E-state index contributed by atoms with van der Waals surface area (Å²) < 4.78 is 15.3. The maximum Gasteiger partial charge on any atom is 0.212 e. The van der Waals surface area contributed by atoms with Gasteiger partial charge in [0.25, 0.3) is 0 Å². The Labute approximate surface area is 156 Å². The zero-order chi connectivity index (χ0) is 18.8. The molecule has 0 saturated carbocycles. The lowest BCUT2D eigenvalue weighted by Crippen LogP contribution is -2.34. The van der Waals surface area contributed by atoms with E-state index in [0.717, 1.165) is 31.6 Å². The number of hydrogen-bond donors (Lipinski definition) is 0. The maximum atomic E-state index is 13.2. The van der Waals surface area contributed by atoms with Crippen LogP contribution in [-0.2, 0) is 7.05 Å². The monoisotopic (exact) mass is 362 g/mol. The molecule has 0 aliphatic carbocycles. The number of imidazole rings is 1. The van der Waals surface area contributed by atoms with E-state index in [9.17, 15) is 9.65 Å². The lowest BCUT2D eigenvalue weighted by Gasteiger charge is -2.35. The summed E-state index contributed by atoms with van der Waals surface area (Å²) in [4.78, 5) is 14.6. The van der Waals surface area contributed by atoms with Gasteiger partial charge in [-0.05, 0) is 31.0 Å². The first kappa shape index (κ1) is 17.2. The summed E-state index contributed by atoms with van der Waals surface area (Å²) in [6.07, 6.45) is 8.78. The van der Waals surface area contributed by atoms with Gasteiger partial charge in [0.15, 0.2) is 0 Å². The van der Waals surface area contributed by atoms with Gasteiger partial charge in [-0.3, -0.25) is 4.98 Å². The van der Waals surface area contributed by atoms with Crippen molar-refractivity contribution in [3.05, 3.63) is 60.3 Å². The van der Waals surface area contributed by atoms with Crippen LogP contribution in [0.3, 0.4) is 0 Å². The third-order valence-electron chi connectivity index (χ3n) is 5.13. The Morgan fingerprint density at radius 3 is 2.59 bits per heavy atom. The summed E-state index contributed by atoms with van der Waals surface area (Å²) in [6, 6.07) is 6.96. The van der Waals surface area contributed by atoms with Gasteiger partial charge in [-0.25, -0.2) is 9.97 Å². The molecule has 3 aromatic heterocycles. The maximum absolute atomic E-state index is 13.2. The fourth-order valence-electron chi connectivity index (χ4n) is 3.75. The number of anilines is 1. The van der Waals surface area contributed by atoms with E-state index in [1.54, 1.807) is 18.3 Å². The van der Waals surface area contributed by atoms with Crippen molar-refractivity contribution in [2.75, 3.05) is 18.0 Å². The molecular formula is C20H19FN6. The minimum atomic E-state index is -0.534. The highest BCUT2D eigenvalue weighted by Gasteiger charge is 2.26. The van der Waals surface area contributed by atoms with Gasteiger partial charge < -0.3 is 9.47 Å². The minimum Gasteiger partial charge on any atom is -0.369 e. The molecule has 1 saturated heterocycles. The molecule has 0 bridgehead atoms. The SMILES string of the molecule is Cn1cncc1C1CCN(c2c(C#N)ccnc2-c2ccc(F)nc2)CC1. The molecule has 0 radical (unpaired) electrons. The van der Waals surface area contributed by atoms with Gasteiger partial charge >= 0.3 is 0 Å². The fraction of sp³-hybridized carbons (Fsp3) is 0.300. The van der Waals surface area contributed by atoms with E-state index in [-0.39, 0.29) is 0 Å². The average molecular weight is 362 g/mol. The normalized spacial score (nSPS) is 14.9. The van der Waals surface area contributed by atoms with Crippen LogP contribution in [0.4, 0.5) is 10.1 Å². The van der Waals surface area contributed by atoms with Crippen molar-refractivity contribution in [2.45, 2.75) is 18.8 Å². The molecule has 136 valence electrons. The van der Waals surface area contributed by atoms with Crippen LogP contribution in [-0.4, -0.2) is 32.6 Å². The van der Waals surface area contributed by atoms with Crippen molar-refractivity contribution in [1.29, 1.82) is 5.26 Å². The second-order valence-electron chi connectivity index (χ2n) is 6.73. The highest BCUT2D eigenvalue weighted by Crippen LogP contribution is 2.36. The molecule has 0 aromatic carbocycles. The van der Waals surface area contributed by atoms with Crippen molar-refractivity contribution in [2.24, 2.45) is 7.05 Å². The van der Waals surface area contributed by atoms with Crippen LogP contribution in [0.25, 0.3) is 11.3 Å². The fourth-order valence-corrected chi connectivity index (χ4v) is 3.75. The highest BCUT2D eigenvalue weighted by atomic mass is 19.1. The predicted molar refractivity (Wildman–Crippen MR) is 99.5 cm³/mol. The molecule has 1 aliphatic heterocycles. The summed E-state index contributed by atoms with van der Waals surface area (Å²) in [7, 11) is 2.02. The summed E-state index contributed by atoms with van der Waals surface area (Å²) in [6.45, 7) is 1.63. The van der Waals surface area contributed by atoms with Crippen LogP contribution in [0.15, 0.2) is 43.1 Å². The summed E-state index contributed by atoms with van der Waals surface area (Å²) in [5.74, 6) is -0.0828. The van der Waals surface area contributed by atoms with Crippen LogP contribution in [0, 0.1) is 17.3 Å². The number of piperidine rings is 1. The zero-order valence-electron chi connectivity index (χ0n) is 15.0. The van der Waals surface area contributed by atoms with E-state index in [1.807, 2.05) is 19.6 Å². The summed E-state index contributed by atoms with van der Waals surface area (Å²) in [5, 5.41) is 9.61. The Morgan fingerprint density at radius 1 is 1.15 bits per heavy atom. The Bertz CT molecular complexity index is 980. The number of rotatable bonds is 3. The Morgan fingerprint density at radius 2 is 1.96 bits per heavy atom. The van der Waals surface area contributed by atoms with E-state index in [2.05, 4.69) is 30.5 Å². The molecule has 1 fully saturated rings. The molecule has 0 atom stereocenters. The van der Waals surface area contributed by atoms with Gasteiger partial charge in [-0.2, -0.15) is 9.65 Å². The van der Waals surface area contributed by atoms with Crippen LogP contribution >= 0.6 is 0 Å². The summed E-state index contributed by atoms with van der Waals surface area (Å²) in [5.41, 5.74) is 3.99. The molecule has 7 heteroatoms. The third kappa shape index (κ3) is 3.26. The predicted octanol–water partition coefficient (Wildman–Crippen LogP) is 3.27. The molecule has 3 aromatic rings. The molecule has 4 heterocycles. The van der Waals surface area contributed by atoms with E-state index in [1.165, 1.54) is 18.0 Å². The number of nitriles is 1. The quantitative estimate of drug-likeness (QED) is 0.669. The first-order valence-corrected chi connectivity index (χ1v) is 8.89. The van der Waals surface area contributed by atoms with E-state index >= 15 is 0 Å². The first-order chi connectivity index (χ1) is 13.2. The number of halogens is 1. The largest absolute Gasteiger partial charge is 0.369 e. The van der Waals surface area contributed by atoms with Crippen molar-refractivity contribution in [1.82, 2.24) is 19.5 Å². The lowest BCUT2D eigenvalue weighted by atomic mass is 9.92. The Balaban J connectivity index is 1.65. The molecule has 0 N–H and O–H groups in total. The minimum absolute atomic E-state index is 0.451. The molecule has 27 heavy (non-hydrogen) atoms. The summed E-state index contributed by atoms with van der Waals surface area (Å²) >= 11 is 0. The number of hydrogen-bond acceptors (Lipinski definition) is 5. The van der Waals surface area contributed by atoms with Crippen molar-refractivity contribution < 1.29 is 4.39 Å². The molecule has 0 spiro atoms. The number of pyridine rings is 2. The third-order valence-corrected chi connectivity index (χ3v) is 5.13. The highest BCUT2D eigenvalue weighted by molar-refractivity contribution is 5.79.